The monoisotopic (exact) mass is 393 g/mol. The van der Waals surface area contributed by atoms with Crippen molar-refractivity contribution in [2.45, 2.75) is 6.36 Å². The Labute approximate surface area is 155 Å². The fourth-order valence-electron chi connectivity index (χ4n) is 2.13. The number of aromatic nitrogens is 2. The van der Waals surface area contributed by atoms with Gasteiger partial charge in [0.15, 0.2) is 11.6 Å². The molecular formula is C18H11F4N3O3. The fourth-order valence-corrected chi connectivity index (χ4v) is 2.13. The minimum absolute atomic E-state index is 0.0856. The first-order chi connectivity index (χ1) is 13.3. The number of carbonyl (C=O) groups is 1. The first-order valence-electron chi connectivity index (χ1n) is 7.72. The molecule has 144 valence electrons. The maximum Gasteiger partial charge on any atom is 0.573 e. The second kappa shape index (κ2) is 7.91. The standard InChI is InChI=1S/C18H11F4N3O3/c19-13-6-2-4-8-15(13)27-17-23-9-11(10-24-17)25-16(26)12-5-1-3-7-14(12)28-18(20,21)22/h1-10H,(H,25,26). The number of carbonyl (C=O) groups excluding carboxylic acids is 1. The van der Waals surface area contributed by atoms with Crippen molar-refractivity contribution in [1.82, 2.24) is 9.97 Å². The molecule has 0 fully saturated rings. The molecule has 0 atom stereocenters. The van der Waals surface area contributed by atoms with E-state index >= 15 is 0 Å². The summed E-state index contributed by atoms with van der Waals surface area (Å²) in [5, 5.41) is 2.35. The molecule has 0 radical (unpaired) electrons. The van der Waals surface area contributed by atoms with E-state index in [-0.39, 0.29) is 23.0 Å². The summed E-state index contributed by atoms with van der Waals surface area (Å²) in [6.07, 6.45) is -2.62. The van der Waals surface area contributed by atoms with Gasteiger partial charge in [0.1, 0.15) is 5.75 Å². The van der Waals surface area contributed by atoms with E-state index in [0.29, 0.717) is 0 Å². The van der Waals surface area contributed by atoms with Crippen LogP contribution in [0.3, 0.4) is 0 Å². The van der Waals surface area contributed by atoms with Gasteiger partial charge in [0.2, 0.25) is 0 Å². The summed E-state index contributed by atoms with van der Waals surface area (Å²) in [7, 11) is 0. The summed E-state index contributed by atoms with van der Waals surface area (Å²) in [5.74, 6) is -2.19. The maximum absolute atomic E-state index is 13.5. The minimum Gasteiger partial charge on any atom is -0.421 e. The lowest BCUT2D eigenvalue weighted by Gasteiger charge is -2.13. The van der Waals surface area contributed by atoms with Gasteiger partial charge in [-0.2, -0.15) is 0 Å². The third-order valence-corrected chi connectivity index (χ3v) is 3.28. The van der Waals surface area contributed by atoms with Crippen molar-refractivity contribution in [3.05, 3.63) is 72.3 Å². The van der Waals surface area contributed by atoms with Crippen molar-refractivity contribution in [2.24, 2.45) is 0 Å². The number of nitrogens with one attached hydrogen (secondary N) is 1. The molecule has 1 amide bonds. The van der Waals surface area contributed by atoms with E-state index < -0.39 is 23.8 Å². The summed E-state index contributed by atoms with van der Waals surface area (Å²) in [5.41, 5.74) is -0.237. The van der Waals surface area contributed by atoms with Gasteiger partial charge in [-0.05, 0) is 24.3 Å². The van der Waals surface area contributed by atoms with Crippen molar-refractivity contribution in [3.63, 3.8) is 0 Å². The molecule has 3 aromatic rings. The van der Waals surface area contributed by atoms with Crippen LogP contribution in [0.1, 0.15) is 10.4 Å². The van der Waals surface area contributed by atoms with Gasteiger partial charge < -0.3 is 14.8 Å². The van der Waals surface area contributed by atoms with Crippen LogP contribution in [0.15, 0.2) is 60.9 Å². The van der Waals surface area contributed by atoms with E-state index in [0.717, 1.165) is 18.5 Å². The van der Waals surface area contributed by atoms with Crippen LogP contribution in [-0.2, 0) is 0 Å². The Hall–Kier alpha value is -3.69. The summed E-state index contributed by atoms with van der Waals surface area (Å²) < 4.78 is 59.9. The largest absolute Gasteiger partial charge is 0.573 e. The van der Waals surface area contributed by atoms with Crippen molar-refractivity contribution in [1.29, 1.82) is 0 Å². The molecule has 0 aliphatic carbocycles. The van der Waals surface area contributed by atoms with Crippen LogP contribution in [-0.4, -0.2) is 22.2 Å². The van der Waals surface area contributed by atoms with Crippen molar-refractivity contribution >= 4 is 11.6 Å². The topological polar surface area (TPSA) is 73.3 Å². The zero-order valence-electron chi connectivity index (χ0n) is 13.9. The number of halogens is 4. The predicted molar refractivity (Wildman–Crippen MR) is 89.6 cm³/mol. The van der Waals surface area contributed by atoms with E-state index in [1.54, 1.807) is 6.07 Å². The molecule has 10 heteroatoms. The fraction of sp³-hybridized carbons (Fsp3) is 0.0556. The van der Waals surface area contributed by atoms with E-state index in [2.05, 4.69) is 20.0 Å². The van der Waals surface area contributed by atoms with Gasteiger partial charge in [0.25, 0.3) is 5.91 Å². The van der Waals surface area contributed by atoms with Crippen LogP contribution in [0, 0.1) is 5.82 Å². The highest BCUT2D eigenvalue weighted by Gasteiger charge is 2.32. The first kappa shape index (κ1) is 19.1. The van der Waals surface area contributed by atoms with Gasteiger partial charge in [-0.15, -0.1) is 13.2 Å². The van der Waals surface area contributed by atoms with Gasteiger partial charge in [-0.25, -0.2) is 14.4 Å². The number of hydrogen-bond donors (Lipinski definition) is 1. The Balaban J connectivity index is 1.71. The van der Waals surface area contributed by atoms with Crippen LogP contribution >= 0.6 is 0 Å². The van der Waals surface area contributed by atoms with E-state index in [1.807, 2.05) is 0 Å². The van der Waals surface area contributed by atoms with Crippen LogP contribution in [0.25, 0.3) is 0 Å². The lowest BCUT2D eigenvalue weighted by atomic mass is 10.2. The smallest absolute Gasteiger partial charge is 0.421 e. The van der Waals surface area contributed by atoms with Crippen LogP contribution in [0.5, 0.6) is 17.5 Å². The third-order valence-electron chi connectivity index (χ3n) is 3.28. The van der Waals surface area contributed by atoms with Gasteiger partial charge in [-0.1, -0.05) is 24.3 Å². The Morgan fingerprint density at radius 2 is 1.54 bits per heavy atom. The van der Waals surface area contributed by atoms with Crippen molar-refractivity contribution < 1.29 is 31.8 Å². The number of hydrogen-bond acceptors (Lipinski definition) is 5. The number of nitrogens with zero attached hydrogens (tertiary/aromatic N) is 2. The second-order valence-electron chi connectivity index (χ2n) is 5.28. The predicted octanol–water partition coefficient (Wildman–Crippen LogP) is 4.56. The lowest BCUT2D eigenvalue weighted by Crippen LogP contribution is -2.21. The molecule has 6 nitrogen and oxygen atoms in total. The molecule has 0 saturated heterocycles. The zero-order valence-corrected chi connectivity index (χ0v) is 13.9. The molecule has 1 aromatic heterocycles. The molecule has 0 unspecified atom stereocenters. The lowest BCUT2D eigenvalue weighted by molar-refractivity contribution is -0.274. The number of rotatable bonds is 5. The van der Waals surface area contributed by atoms with E-state index in [1.165, 1.54) is 36.4 Å². The molecule has 0 spiro atoms. The average Bonchev–Trinajstić information content (AvgIpc) is 2.64. The summed E-state index contributed by atoms with van der Waals surface area (Å²) in [4.78, 5) is 19.9. The Morgan fingerprint density at radius 1 is 0.929 bits per heavy atom. The average molecular weight is 393 g/mol. The number of ether oxygens (including phenoxy) is 2. The Kier molecular flexibility index (Phi) is 5.39. The Bertz CT molecular complexity index is 978. The quantitative estimate of drug-likeness (QED) is 0.644. The normalized spacial score (nSPS) is 11.0. The number of alkyl halides is 3. The van der Waals surface area contributed by atoms with Gasteiger partial charge >= 0.3 is 12.4 Å². The zero-order chi connectivity index (χ0) is 20.1. The van der Waals surface area contributed by atoms with Crippen LogP contribution in [0.2, 0.25) is 0 Å². The van der Waals surface area contributed by atoms with Gasteiger partial charge in [-0.3, -0.25) is 4.79 Å². The molecule has 1 N–H and O–H groups in total. The second-order valence-corrected chi connectivity index (χ2v) is 5.28. The molecule has 0 bridgehead atoms. The molecule has 0 aliphatic rings. The van der Waals surface area contributed by atoms with Crippen LogP contribution in [0.4, 0.5) is 23.2 Å². The van der Waals surface area contributed by atoms with Gasteiger partial charge in [0.05, 0.1) is 23.6 Å². The molecule has 0 saturated carbocycles. The molecule has 3 rings (SSSR count). The molecule has 1 heterocycles. The van der Waals surface area contributed by atoms with Gasteiger partial charge in [0, 0.05) is 0 Å². The highest BCUT2D eigenvalue weighted by Crippen LogP contribution is 2.27. The first-order valence-corrected chi connectivity index (χ1v) is 7.72. The van der Waals surface area contributed by atoms with E-state index in [4.69, 9.17) is 4.74 Å². The molecule has 2 aromatic carbocycles. The van der Waals surface area contributed by atoms with Crippen molar-refractivity contribution in [2.75, 3.05) is 5.32 Å². The molecule has 0 aliphatic heterocycles. The highest BCUT2D eigenvalue weighted by molar-refractivity contribution is 6.06. The van der Waals surface area contributed by atoms with E-state index in [9.17, 15) is 22.4 Å². The molecule has 28 heavy (non-hydrogen) atoms. The van der Waals surface area contributed by atoms with Crippen LogP contribution < -0.4 is 14.8 Å². The number of para-hydroxylation sites is 2. The molecular weight excluding hydrogens is 382 g/mol. The maximum atomic E-state index is 13.5. The number of amides is 1. The Morgan fingerprint density at radius 3 is 2.18 bits per heavy atom. The number of anilines is 1. The highest BCUT2D eigenvalue weighted by atomic mass is 19.4. The summed E-state index contributed by atoms with van der Waals surface area (Å²) >= 11 is 0. The minimum atomic E-state index is -4.94. The summed E-state index contributed by atoms with van der Waals surface area (Å²) in [6.45, 7) is 0. The number of benzene rings is 2. The summed E-state index contributed by atoms with van der Waals surface area (Å²) in [6, 6.07) is 10.3. The van der Waals surface area contributed by atoms with Crippen molar-refractivity contribution in [3.8, 4) is 17.5 Å². The SMILES string of the molecule is O=C(Nc1cnc(Oc2ccccc2F)nc1)c1ccccc1OC(F)(F)F. The third kappa shape index (κ3) is 4.93.